The molecule has 0 radical (unpaired) electrons. The molecule has 0 aliphatic carbocycles. The van der Waals surface area contributed by atoms with Gasteiger partial charge in [-0.15, -0.1) is 0 Å². The summed E-state index contributed by atoms with van der Waals surface area (Å²) in [5.74, 6) is -1.90. The quantitative estimate of drug-likeness (QED) is 0.259. The number of halogens is 3. The molecule has 1 rings (SSSR count). The number of alkyl halides is 3. The van der Waals surface area contributed by atoms with Crippen molar-refractivity contribution in [3.63, 3.8) is 0 Å². The molecule has 0 amide bonds. The second kappa shape index (κ2) is 8.42. The molecular formula is C8H10Cl3KO7. The van der Waals surface area contributed by atoms with Crippen molar-refractivity contribution in [3.8, 4) is 0 Å². The summed E-state index contributed by atoms with van der Waals surface area (Å²) in [6.45, 7) is -2.97. The minimum atomic E-state index is -2.97. The van der Waals surface area contributed by atoms with Crippen LogP contribution in [0, 0.1) is 0 Å². The minimum absolute atomic E-state index is 0. The molecule has 0 aromatic carbocycles. The van der Waals surface area contributed by atoms with Gasteiger partial charge in [0.2, 0.25) is 3.79 Å². The number of carbonyl (C=O) groups excluding carboxylic acids is 1. The zero-order valence-electron chi connectivity index (χ0n) is 11.5. The van der Waals surface area contributed by atoms with Crippen LogP contribution in [0.4, 0.5) is 0 Å². The summed E-state index contributed by atoms with van der Waals surface area (Å²) in [7, 11) is 0. The van der Waals surface area contributed by atoms with Crippen molar-refractivity contribution >= 4 is 40.8 Å². The van der Waals surface area contributed by atoms with Crippen molar-refractivity contribution in [2.45, 2.75) is 34.5 Å². The maximum absolute atomic E-state index is 10.7. The van der Waals surface area contributed by atoms with Gasteiger partial charge in [-0.1, -0.05) is 34.8 Å². The first-order valence-corrected chi connectivity index (χ1v) is 5.67. The van der Waals surface area contributed by atoms with Crippen molar-refractivity contribution in [2.24, 2.45) is 0 Å². The third-order valence-electron chi connectivity index (χ3n) is 2.09. The molecule has 0 saturated carbocycles. The zero-order valence-corrected chi connectivity index (χ0v) is 14.9. The number of aliphatic carboxylic acids is 1. The van der Waals surface area contributed by atoms with Crippen LogP contribution in [0.5, 0.6) is 0 Å². The van der Waals surface area contributed by atoms with Crippen molar-refractivity contribution in [1.82, 2.24) is 0 Å². The third-order valence-corrected chi connectivity index (χ3v) is 2.32. The maximum Gasteiger partial charge on any atom is 1.00 e. The van der Waals surface area contributed by atoms with Crippen molar-refractivity contribution < 1.29 is 88.8 Å². The van der Waals surface area contributed by atoms with Crippen LogP contribution in [0.3, 0.4) is 0 Å². The molecule has 0 aromatic heterocycles. The molecule has 1 fully saturated rings. The number of hydrogen-bond donors (Lipinski definition) is 3. The van der Waals surface area contributed by atoms with E-state index in [2.05, 4.69) is 9.47 Å². The summed E-state index contributed by atoms with van der Waals surface area (Å²) < 4.78 is 21.3. The number of aliphatic hydroxyl groups is 3. The van der Waals surface area contributed by atoms with Gasteiger partial charge in [-0.25, -0.2) is 0 Å². The van der Waals surface area contributed by atoms with Crippen molar-refractivity contribution in [1.29, 1.82) is 0 Å². The van der Waals surface area contributed by atoms with Crippen LogP contribution in [-0.4, -0.2) is 62.3 Å². The average Bonchev–Trinajstić information content (AvgIpc) is 2.27. The van der Waals surface area contributed by atoms with E-state index in [9.17, 15) is 25.2 Å². The smallest absolute Gasteiger partial charge is 0.547 e. The fourth-order valence-electron chi connectivity index (χ4n) is 1.26. The summed E-state index contributed by atoms with van der Waals surface area (Å²) >= 11 is 15.9. The van der Waals surface area contributed by atoms with E-state index in [4.69, 9.17) is 37.5 Å². The number of carboxylic acid groups (broad SMARTS) is 1. The summed E-state index contributed by atoms with van der Waals surface area (Å²) in [6, 6.07) is 0. The van der Waals surface area contributed by atoms with Crippen molar-refractivity contribution in [2.75, 3.05) is 6.56 Å². The Kier molecular flexibility index (Phi) is 7.59. The van der Waals surface area contributed by atoms with Gasteiger partial charge in [0.1, 0.15) is 24.4 Å². The number of rotatable bonds is 3. The van der Waals surface area contributed by atoms with Gasteiger partial charge >= 0.3 is 51.4 Å². The Balaban J connectivity index is 0.00000400. The number of ether oxygens (including phenoxy) is 2. The first-order chi connectivity index (χ1) is 8.88. The number of hydrogen-bond acceptors (Lipinski definition) is 7. The Hall–Kier alpha value is 1.78. The molecule has 1 saturated heterocycles. The van der Waals surface area contributed by atoms with Crippen LogP contribution >= 0.6 is 34.8 Å². The molecular weight excluding hydrogens is 356 g/mol. The molecule has 0 bridgehead atoms. The van der Waals surface area contributed by atoms with E-state index >= 15 is 0 Å². The molecule has 0 spiro atoms. The van der Waals surface area contributed by atoms with E-state index in [1.807, 2.05) is 0 Å². The molecule has 11 heteroatoms. The number of aliphatic hydroxyl groups excluding tert-OH is 3. The number of carboxylic acids is 1. The van der Waals surface area contributed by atoms with Gasteiger partial charge in [0.25, 0.3) is 0 Å². The predicted molar refractivity (Wildman–Crippen MR) is 57.9 cm³/mol. The average molecular weight is 368 g/mol. The maximum atomic E-state index is 10.7. The second-order valence-corrected chi connectivity index (χ2v) is 5.71. The topological polar surface area (TPSA) is 119 Å². The van der Waals surface area contributed by atoms with Gasteiger partial charge in [-0.05, 0) is 0 Å². The Morgan fingerprint density at radius 1 is 1.32 bits per heavy atom. The molecule has 0 unspecified atom stereocenters. The molecule has 1 aliphatic rings. The van der Waals surface area contributed by atoms with Gasteiger partial charge in [-0.2, -0.15) is 0 Å². The Morgan fingerprint density at radius 2 is 1.84 bits per heavy atom. The normalized spacial score (nSPS) is 37.9. The van der Waals surface area contributed by atoms with Gasteiger partial charge in [0.05, 0.1) is 15.3 Å². The first-order valence-electron chi connectivity index (χ1n) is 5.53. The molecule has 0 aromatic rings. The standard InChI is InChI=1S/C8H11Cl3O7.K/c9-8(10,11)1-17-7-4(14)2(12)3(13)5(18-7)6(15)16;/h2-5,7,12-14H,1H2,(H,15,16);/q;+1/p-1/t2-,3-,4+,5-,7+;/m0./s1/i1+1D2,8+1;. The fraction of sp³-hybridized carbons (Fsp3) is 0.875. The molecule has 19 heavy (non-hydrogen) atoms. The Bertz CT molecular complexity index is 383. The van der Waals surface area contributed by atoms with E-state index in [1.165, 1.54) is 0 Å². The third kappa shape index (κ3) is 6.19. The van der Waals surface area contributed by atoms with Crippen LogP contribution in [0.1, 0.15) is 2.74 Å². The largest absolute Gasteiger partial charge is 1.00 e. The summed E-state index contributed by atoms with van der Waals surface area (Å²) in [6.07, 6.45) is -9.99. The minimum Gasteiger partial charge on any atom is -0.547 e. The van der Waals surface area contributed by atoms with Gasteiger partial charge < -0.3 is 34.7 Å². The van der Waals surface area contributed by atoms with Crippen molar-refractivity contribution in [3.05, 3.63) is 0 Å². The predicted octanol–water partition coefficient (Wildman–Crippen LogP) is -5.07. The van der Waals surface area contributed by atoms with E-state index in [1.54, 1.807) is 0 Å². The summed E-state index contributed by atoms with van der Waals surface area (Å²) in [5, 5.41) is 39.1. The molecule has 106 valence electrons. The first kappa shape index (κ1) is 17.1. The molecule has 1 aliphatic heterocycles. The van der Waals surface area contributed by atoms with Crippen LogP contribution < -0.4 is 56.5 Å². The molecule has 3 N–H and O–H groups in total. The summed E-state index contributed by atoms with van der Waals surface area (Å²) in [5.41, 5.74) is 0. The Labute approximate surface area is 168 Å². The molecule has 7 nitrogen and oxygen atoms in total. The van der Waals surface area contributed by atoms with Crippen LogP contribution in [-0.2, 0) is 14.3 Å². The van der Waals surface area contributed by atoms with E-state index in [0.717, 1.165) is 0 Å². The Morgan fingerprint density at radius 3 is 2.26 bits per heavy atom. The van der Waals surface area contributed by atoms with Crippen LogP contribution in [0.25, 0.3) is 0 Å². The van der Waals surface area contributed by atoms with Gasteiger partial charge in [0, 0.05) is 0 Å². The fourth-order valence-corrected chi connectivity index (χ4v) is 1.40. The van der Waals surface area contributed by atoms with Crippen LogP contribution in [0.15, 0.2) is 0 Å². The van der Waals surface area contributed by atoms with E-state index < -0.39 is 47.0 Å². The molecule has 5 atom stereocenters. The second-order valence-electron chi connectivity index (χ2n) is 3.43. The number of carbonyl (C=O) groups is 1. The van der Waals surface area contributed by atoms with Crippen LogP contribution in [0.2, 0.25) is 0 Å². The van der Waals surface area contributed by atoms with Gasteiger partial charge in [-0.3, -0.25) is 0 Å². The summed E-state index contributed by atoms with van der Waals surface area (Å²) in [4.78, 5) is 10.7. The SMILES string of the molecule is [2H][13C]([2H])(O[C@@H]1O[C@H](C(=O)[O-])[C@@H](O)[C@H](O)[C@H]1O)[13C](Cl)(Cl)Cl.[K+]. The van der Waals surface area contributed by atoms with E-state index in [0.29, 0.717) is 0 Å². The zero-order chi connectivity index (χ0) is 15.9. The molecule has 1 heterocycles. The monoisotopic (exact) mass is 366 g/mol. The van der Waals surface area contributed by atoms with E-state index in [-0.39, 0.29) is 51.4 Å². The van der Waals surface area contributed by atoms with Gasteiger partial charge in [0.15, 0.2) is 6.29 Å².